The largest absolute Gasteiger partial charge is 0.377 e. The van der Waals surface area contributed by atoms with Crippen molar-refractivity contribution in [2.24, 2.45) is 5.92 Å². The highest BCUT2D eigenvalue weighted by Gasteiger charge is 2.40. The van der Waals surface area contributed by atoms with Crippen LogP contribution in [0.3, 0.4) is 0 Å². The van der Waals surface area contributed by atoms with Crippen LogP contribution in [0.1, 0.15) is 37.3 Å². The van der Waals surface area contributed by atoms with E-state index in [1.54, 1.807) is 7.11 Å². The molecule has 0 saturated carbocycles. The molecule has 0 spiro atoms. The summed E-state index contributed by atoms with van der Waals surface area (Å²) in [6.45, 7) is 2.32. The molecule has 2 aromatic rings. The zero-order valence-electron chi connectivity index (χ0n) is 14.1. The van der Waals surface area contributed by atoms with Gasteiger partial charge in [-0.1, -0.05) is 79.7 Å². The standard InChI is InChI=1S/C22H26O/c1-3-22(18-10-6-4-7-11-18,19-12-8-5-9-13-19)20-14-16-21(23-2)17-15-20/h4-14,16,20-21H,3,15,17H2,1-2H3. The van der Waals surface area contributed by atoms with E-state index >= 15 is 0 Å². The molecular formula is C22H26O. The lowest BCUT2D eigenvalue weighted by Crippen LogP contribution is -2.37. The molecule has 1 aliphatic carbocycles. The van der Waals surface area contributed by atoms with E-state index < -0.39 is 0 Å². The fourth-order valence-corrected chi connectivity index (χ4v) is 4.14. The van der Waals surface area contributed by atoms with Gasteiger partial charge in [0.25, 0.3) is 0 Å². The third-order valence-corrected chi connectivity index (χ3v) is 5.39. The molecule has 2 unspecified atom stereocenters. The Kier molecular flexibility index (Phi) is 4.97. The summed E-state index contributed by atoms with van der Waals surface area (Å²) >= 11 is 0. The van der Waals surface area contributed by atoms with Crippen LogP contribution in [-0.4, -0.2) is 13.2 Å². The number of benzene rings is 2. The Bertz CT molecular complexity index is 590. The van der Waals surface area contributed by atoms with Crippen molar-refractivity contribution in [3.63, 3.8) is 0 Å². The molecule has 0 aliphatic heterocycles. The van der Waals surface area contributed by atoms with E-state index in [0.717, 1.165) is 19.3 Å². The summed E-state index contributed by atoms with van der Waals surface area (Å²) in [7, 11) is 1.80. The molecule has 3 rings (SSSR count). The highest BCUT2D eigenvalue weighted by atomic mass is 16.5. The molecule has 0 amide bonds. The Hall–Kier alpha value is -1.86. The second kappa shape index (κ2) is 7.14. The van der Waals surface area contributed by atoms with E-state index in [1.165, 1.54) is 11.1 Å². The Labute approximate surface area is 140 Å². The maximum atomic E-state index is 5.51. The zero-order chi connectivity index (χ0) is 16.1. The van der Waals surface area contributed by atoms with Crippen molar-refractivity contribution in [1.29, 1.82) is 0 Å². The van der Waals surface area contributed by atoms with Gasteiger partial charge in [-0.25, -0.2) is 0 Å². The topological polar surface area (TPSA) is 9.23 Å². The van der Waals surface area contributed by atoms with Crippen molar-refractivity contribution in [1.82, 2.24) is 0 Å². The highest BCUT2D eigenvalue weighted by Crippen LogP contribution is 2.46. The van der Waals surface area contributed by atoms with Crippen LogP contribution in [-0.2, 0) is 10.2 Å². The summed E-state index contributed by atoms with van der Waals surface area (Å²) in [4.78, 5) is 0. The first-order valence-corrected chi connectivity index (χ1v) is 8.63. The van der Waals surface area contributed by atoms with Crippen LogP contribution in [0, 0.1) is 5.92 Å². The van der Waals surface area contributed by atoms with E-state index in [0.29, 0.717) is 5.92 Å². The number of rotatable bonds is 5. The van der Waals surface area contributed by atoms with Gasteiger partial charge in [-0.15, -0.1) is 0 Å². The van der Waals surface area contributed by atoms with Gasteiger partial charge >= 0.3 is 0 Å². The van der Waals surface area contributed by atoms with Crippen LogP contribution < -0.4 is 0 Å². The van der Waals surface area contributed by atoms with Crippen molar-refractivity contribution in [2.75, 3.05) is 7.11 Å². The van der Waals surface area contributed by atoms with Crippen molar-refractivity contribution < 1.29 is 4.74 Å². The van der Waals surface area contributed by atoms with Gasteiger partial charge in [0.15, 0.2) is 0 Å². The second-order valence-corrected chi connectivity index (χ2v) is 6.40. The van der Waals surface area contributed by atoms with Crippen LogP contribution in [0.5, 0.6) is 0 Å². The maximum Gasteiger partial charge on any atom is 0.0752 e. The Morgan fingerprint density at radius 1 is 0.870 bits per heavy atom. The van der Waals surface area contributed by atoms with Gasteiger partial charge in [0.05, 0.1) is 6.10 Å². The van der Waals surface area contributed by atoms with Gasteiger partial charge < -0.3 is 4.74 Å². The Morgan fingerprint density at radius 3 is 1.83 bits per heavy atom. The normalized spacial score (nSPS) is 21.3. The molecular weight excluding hydrogens is 280 g/mol. The predicted molar refractivity (Wildman–Crippen MR) is 96.6 cm³/mol. The van der Waals surface area contributed by atoms with Crippen LogP contribution in [0.25, 0.3) is 0 Å². The lowest BCUT2D eigenvalue weighted by Gasteiger charge is -2.42. The third-order valence-electron chi connectivity index (χ3n) is 5.39. The number of hydrogen-bond donors (Lipinski definition) is 0. The van der Waals surface area contributed by atoms with Gasteiger partial charge in [-0.05, 0) is 36.3 Å². The van der Waals surface area contributed by atoms with E-state index in [2.05, 4.69) is 79.7 Å². The first-order chi connectivity index (χ1) is 11.3. The molecule has 120 valence electrons. The Morgan fingerprint density at radius 2 is 1.43 bits per heavy atom. The van der Waals surface area contributed by atoms with Crippen molar-refractivity contribution >= 4 is 0 Å². The monoisotopic (exact) mass is 306 g/mol. The van der Waals surface area contributed by atoms with Crippen LogP contribution in [0.2, 0.25) is 0 Å². The summed E-state index contributed by atoms with van der Waals surface area (Å²) in [5.41, 5.74) is 2.87. The molecule has 0 saturated heterocycles. The molecule has 0 radical (unpaired) electrons. The third kappa shape index (κ3) is 2.98. The van der Waals surface area contributed by atoms with Crippen LogP contribution in [0.4, 0.5) is 0 Å². The van der Waals surface area contributed by atoms with E-state index in [4.69, 9.17) is 4.74 Å². The van der Waals surface area contributed by atoms with Gasteiger partial charge in [0.1, 0.15) is 0 Å². The summed E-state index contributed by atoms with van der Waals surface area (Å²) in [6.07, 6.45) is 8.26. The average Bonchev–Trinajstić information content (AvgIpc) is 2.65. The molecule has 0 bridgehead atoms. The summed E-state index contributed by atoms with van der Waals surface area (Å²) in [5, 5.41) is 0. The fraction of sp³-hybridized carbons (Fsp3) is 0.364. The number of hydrogen-bond acceptors (Lipinski definition) is 1. The van der Waals surface area contributed by atoms with Crippen LogP contribution in [0.15, 0.2) is 72.8 Å². The quantitative estimate of drug-likeness (QED) is 0.675. The minimum absolute atomic E-state index is 0.0394. The molecule has 0 aromatic heterocycles. The zero-order valence-corrected chi connectivity index (χ0v) is 14.1. The van der Waals surface area contributed by atoms with E-state index in [-0.39, 0.29) is 11.5 Å². The number of ether oxygens (including phenoxy) is 1. The number of methoxy groups -OCH3 is 1. The molecule has 1 nitrogen and oxygen atoms in total. The van der Waals surface area contributed by atoms with Gasteiger partial charge in [-0.3, -0.25) is 0 Å². The summed E-state index contributed by atoms with van der Waals surface area (Å²) in [5.74, 6) is 0.503. The molecule has 0 N–H and O–H groups in total. The van der Waals surface area contributed by atoms with Crippen molar-refractivity contribution in [2.45, 2.75) is 37.7 Å². The van der Waals surface area contributed by atoms with Crippen molar-refractivity contribution in [3.8, 4) is 0 Å². The lowest BCUT2D eigenvalue weighted by atomic mass is 9.61. The first-order valence-electron chi connectivity index (χ1n) is 8.63. The van der Waals surface area contributed by atoms with Crippen LogP contribution >= 0.6 is 0 Å². The van der Waals surface area contributed by atoms with E-state index in [1.807, 2.05) is 0 Å². The molecule has 1 heteroatoms. The highest BCUT2D eigenvalue weighted by molar-refractivity contribution is 5.42. The first kappa shape index (κ1) is 16.0. The van der Waals surface area contributed by atoms with E-state index in [9.17, 15) is 0 Å². The summed E-state index contributed by atoms with van der Waals surface area (Å²) in [6, 6.07) is 22.0. The van der Waals surface area contributed by atoms with Gasteiger partial charge in [0.2, 0.25) is 0 Å². The minimum atomic E-state index is 0.0394. The molecule has 0 heterocycles. The second-order valence-electron chi connectivity index (χ2n) is 6.40. The fourth-order valence-electron chi connectivity index (χ4n) is 4.14. The van der Waals surface area contributed by atoms with Crippen molar-refractivity contribution in [3.05, 3.63) is 83.9 Å². The molecule has 1 aliphatic rings. The summed E-state index contributed by atoms with van der Waals surface area (Å²) < 4.78 is 5.51. The molecule has 2 atom stereocenters. The van der Waals surface area contributed by atoms with Gasteiger partial charge in [0, 0.05) is 12.5 Å². The molecule has 2 aromatic carbocycles. The molecule has 23 heavy (non-hydrogen) atoms. The average molecular weight is 306 g/mol. The minimum Gasteiger partial charge on any atom is -0.377 e. The Balaban J connectivity index is 2.10. The maximum absolute atomic E-state index is 5.51. The van der Waals surface area contributed by atoms with Gasteiger partial charge in [-0.2, -0.15) is 0 Å². The molecule has 0 fully saturated rings. The smallest absolute Gasteiger partial charge is 0.0752 e. The number of allylic oxidation sites excluding steroid dienone is 1. The lowest BCUT2D eigenvalue weighted by molar-refractivity contribution is 0.116. The SMILES string of the molecule is CCC(c1ccccc1)(c1ccccc1)C1C=CC(OC)CC1. The predicted octanol–water partition coefficient (Wildman–Crippen LogP) is 5.36.